The lowest BCUT2D eigenvalue weighted by molar-refractivity contribution is 0.167. The first-order chi connectivity index (χ1) is 11.8. The van der Waals surface area contributed by atoms with Gasteiger partial charge in [0.05, 0.1) is 19.4 Å². The molecule has 0 spiro atoms. The number of nitrogens with zero attached hydrogens (tertiary/aromatic N) is 1. The van der Waals surface area contributed by atoms with E-state index in [0.717, 1.165) is 47.3 Å². The molecule has 122 valence electrons. The molecule has 2 aromatic carbocycles. The van der Waals surface area contributed by atoms with Crippen LogP contribution in [0, 0.1) is 11.7 Å². The maximum absolute atomic E-state index is 13.3. The quantitative estimate of drug-likeness (QED) is 0.710. The number of aromatic nitrogens is 1. The van der Waals surface area contributed by atoms with E-state index in [1.165, 1.54) is 12.3 Å². The van der Waals surface area contributed by atoms with Crippen LogP contribution in [-0.2, 0) is 4.74 Å². The molecule has 4 rings (SSSR count). The van der Waals surface area contributed by atoms with Gasteiger partial charge < -0.3 is 9.47 Å². The second-order valence-corrected chi connectivity index (χ2v) is 6.16. The lowest BCUT2D eigenvalue weighted by Crippen LogP contribution is -2.11. The molecule has 0 bridgehead atoms. The minimum Gasteiger partial charge on any atom is -0.493 e. The van der Waals surface area contributed by atoms with Crippen molar-refractivity contribution in [3.05, 3.63) is 60.7 Å². The van der Waals surface area contributed by atoms with Crippen LogP contribution in [0.4, 0.5) is 4.39 Å². The predicted octanol–water partition coefficient (Wildman–Crippen LogP) is 4.46. The fourth-order valence-corrected chi connectivity index (χ4v) is 2.99. The van der Waals surface area contributed by atoms with Crippen molar-refractivity contribution in [1.82, 2.24) is 4.98 Å². The Morgan fingerprint density at radius 1 is 1.04 bits per heavy atom. The van der Waals surface area contributed by atoms with E-state index in [0.29, 0.717) is 12.5 Å². The normalized spacial score (nSPS) is 17.3. The van der Waals surface area contributed by atoms with Crippen LogP contribution in [0.5, 0.6) is 5.75 Å². The smallest absolute Gasteiger partial charge is 0.142 e. The summed E-state index contributed by atoms with van der Waals surface area (Å²) in [5, 5.41) is 2.19. The Bertz CT molecular complexity index is 859. The topological polar surface area (TPSA) is 31.4 Å². The molecular weight excluding hydrogens is 305 g/mol. The zero-order valence-corrected chi connectivity index (χ0v) is 13.2. The van der Waals surface area contributed by atoms with E-state index in [1.54, 1.807) is 6.20 Å². The van der Waals surface area contributed by atoms with Crippen molar-refractivity contribution in [1.29, 1.82) is 0 Å². The zero-order valence-electron chi connectivity index (χ0n) is 13.2. The Morgan fingerprint density at radius 3 is 2.75 bits per heavy atom. The first-order valence-electron chi connectivity index (χ1n) is 8.13. The van der Waals surface area contributed by atoms with Gasteiger partial charge in [0, 0.05) is 24.3 Å². The summed E-state index contributed by atoms with van der Waals surface area (Å²) in [4.78, 5) is 3.91. The van der Waals surface area contributed by atoms with Crippen LogP contribution in [0.25, 0.3) is 21.9 Å². The number of benzene rings is 2. The first kappa shape index (κ1) is 15.1. The fraction of sp³-hybridized carbons (Fsp3) is 0.250. The Kier molecular flexibility index (Phi) is 4.13. The van der Waals surface area contributed by atoms with Crippen molar-refractivity contribution in [2.24, 2.45) is 5.92 Å². The minimum absolute atomic E-state index is 0.327. The highest BCUT2D eigenvalue weighted by Gasteiger charge is 2.16. The number of pyridine rings is 1. The van der Waals surface area contributed by atoms with E-state index in [2.05, 4.69) is 4.98 Å². The molecule has 1 aliphatic heterocycles. The largest absolute Gasteiger partial charge is 0.493 e. The van der Waals surface area contributed by atoms with Crippen molar-refractivity contribution in [3.63, 3.8) is 0 Å². The second kappa shape index (κ2) is 6.57. The molecule has 4 heteroatoms. The molecular formula is C20H18FNO2. The first-order valence-corrected chi connectivity index (χ1v) is 8.13. The molecule has 1 fully saturated rings. The summed E-state index contributed by atoms with van der Waals surface area (Å²) in [6.45, 7) is 2.32. The van der Waals surface area contributed by atoms with E-state index in [4.69, 9.17) is 9.47 Å². The Labute approximate surface area is 140 Å². The van der Waals surface area contributed by atoms with Gasteiger partial charge in [-0.05, 0) is 47.0 Å². The molecule has 0 saturated carbocycles. The molecule has 3 aromatic rings. The molecule has 1 atom stereocenters. The minimum atomic E-state index is -0.327. The number of hydrogen-bond donors (Lipinski definition) is 0. The fourth-order valence-electron chi connectivity index (χ4n) is 2.99. The Hall–Kier alpha value is -2.46. The summed E-state index contributed by atoms with van der Waals surface area (Å²) in [7, 11) is 0. The highest BCUT2D eigenvalue weighted by molar-refractivity contribution is 5.88. The van der Waals surface area contributed by atoms with Crippen molar-refractivity contribution in [2.45, 2.75) is 6.42 Å². The summed E-state index contributed by atoms with van der Waals surface area (Å²) < 4.78 is 24.6. The summed E-state index contributed by atoms with van der Waals surface area (Å²) in [6, 6.07) is 13.6. The predicted molar refractivity (Wildman–Crippen MR) is 91.6 cm³/mol. The molecule has 0 amide bonds. The molecule has 1 aliphatic rings. The maximum Gasteiger partial charge on any atom is 0.142 e. The van der Waals surface area contributed by atoms with Crippen LogP contribution in [0.3, 0.4) is 0 Å². The molecule has 24 heavy (non-hydrogen) atoms. The van der Waals surface area contributed by atoms with E-state index < -0.39 is 0 Å². The number of halogens is 1. The van der Waals surface area contributed by atoms with Crippen molar-refractivity contribution in [3.8, 4) is 16.9 Å². The van der Waals surface area contributed by atoms with E-state index in [-0.39, 0.29) is 5.82 Å². The van der Waals surface area contributed by atoms with Gasteiger partial charge in [0.25, 0.3) is 0 Å². The monoisotopic (exact) mass is 323 g/mol. The average molecular weight is 323 g/mol. The van der Waals surface area contributed by atoms with E-state index in [9.17, 15) is 4.39 Å². The molecule has 1 aromatic heterocycles. The van der Waals surface area contributed by atoms with Crippen LogP contribution < -0.4 is 4.74 Å². The van der Waals surface area contributed by atoms with E-state index in [1.807, 2.05) is 36.4 Å². The van der Waals surface area contributed by atoms with Gasteiger partial charge in [-0.15, -0.1) is 0 Å². The van der Waals surface area contributed by atoms with Crippen LogP contribution >= 0.6 is 0 Å². The lowest BCUT2D eigenvalue weighted by Gasteiger charge is -2.11. The third-order valence-corrected chi connectivity index (χ3v) is 4.36. The van der Waals surface area contributed by atoms with Crippen LogP contribution in [-0.4, -0.2) is 24.8 Å². The highest BCUT2D eigenvalue weighted by Crippen LogP contribution is 2.27. The van der Waals surface area contributed by atoms with Crippen LogP contribution in [0.15, 0.2) is 54.9 Å². The second-order valence-electron chi connectivity index (χ2n) is 6.16. The molecule has 2 heterocycles. The van der Waals surface area contributed by atoms with Crippen molar-refractivity contribution in [2.75, 3.05) is 19.8 Å². The standard InChI is InChI=1S/C20H18FNO2/c21-19-8-18(10-22-11-19)16-1-2-17-9-20(4-3-15(17)7-16)24-13-14-5-6-23-12-14/h1-4,7-11,14H,5-6,12-13H2. The maximum atomic E-state index is 13.3. The summed E-state index contributed by atoms with van der Waals surface area (Å²) in [6.07, 6.45) is 3.95. The summed E-state index contributed by atoms with van der Waals surface area (Å²) in [5.41, 5.74) is 1.73. The SMILES string of the molecule is Fc1cncc(-c2ccc3cc(OCC4CCOC4)ccc3c2)c1. The highest BCUT2D eigenvalue weighted by atomic mass is 19.1. The number of fused-ring (bicyclic) bond motifs is 1. The van der Waals surface area contributed by atoms with Gasteiger partial charge in [-0.1, -0.05) is 18.2 Å². The zero-order chi connectivity index (χ0) is 16.4. The Morgan fingerprint density at radius 2 is 1.92 bits per heavy atom. The molecule has 0 radical (unpaired) electrons. The van der Waals surface area contributed by atoms with Crippen molar-refractivity contribution < 1.29 is 13.9 Å². The third-order valence-electron chi connectivity index (χ3n) is 4.36. The number of rotatable bonds is 4. The van der Waals surface area contributed by atoms with Gasteiger partial charge in [-0.25, -0.2) is 4.39 Å². The van der Waals surface area contributed by atoms with Gasteiger partial charge in [-0.2, -0.15) is 0 Å². The molecule has 1 unspecified atom stereocenters. The third kappa shape index (κ3) is 3.24. The van der Waals surface area contributed by atoms with Crippen molar-refractivity contribution >= 4 is 10.8 Å². The van der Waals surface area contributed by atoms with Gasteiger partial charge in [-0.3, -0.25) is 4.98 Å². The number of hydrogen-bond acceptors (Lipinski definition) is 3. The molecule has 1 saturated heterocycles. The molecule has 3 nitrogen and oxygen atoms in total. The average Bonchev–Trinajstić information content (AvgIpc) is 3.13. The van der Waals surface area contributed by atoms with Gasteiger partial charge in [0.1, 0.15) is 11.6 Å². The lowest BCUT2D eigenvalue weighted by atomic mass is 10.0. The summed E-state index contributed by atoms with van der Waals surface area (Å²) >= 11 is 0. The van der Waals surface area contributed by atoms with Gasteiger partial charge in [0.2, 0.25) is 0 Å². The Balaban J connectivity index is 1.56. The number of ether oxygens (including phenoxy) is 2. The van der Waals surface area contributed by atoms with Crippen LogP contribution in [0.2, 0.25) is 0 Å². The molecule has 0 aliphatic carbocycles. The summed E-state index contributed by atoms with van der Waals surface area (Å²) in [5.74, 6) is 1.03. The molecule has 0 N–H and O–H groups in total. The van der Waals surface area contributed by atoms with Crippen LogP contribution in [0.1, 0.15) is 6.42 Å². The van der Waals surface area contributed by atoms with E-state index >= 15 is 0 Å². The van der Waals surface area contributed by atoms with Gasteiger partial charge >= 0.3 is 0 Å². The van der Waals surface area contributed by atoms with Gasteiger partial charge in [0.15, 0.2) is 0 Å².